The molecule has 24 heavy (non-hydrogen) atoms. The maximum atomic E-state index is 12.6. The Morgan fingerprint density at radius 2 is 1.75 bits per heavy atom. The van der Waals surface area contributed by atoms with Crippen molar-refractivity contribution in [2.75, 3.05) is 0 Å². The second-order valence-electron chi connectivity index (χ2n) is 5.22. The molecule has 0 aromatic heterocycles. The van der Waals surface area contributed by atoms with E-state index in [0.717, 1.165) is 29.5 Å². The Kier molecular flexibility index (Phi) is 4.98. The van der Waals surface area contributed by atoms with E-state index in [1.54, 1.807) is 13.0 Å². The van der Waals surface area contributed by atoms with Crippen molar-refractivity contribution >= 4 is 16.2 Å². The Balaban J connectivity index is 2.17. The minimum Gasteiger partial charge on any atom is -0.200 e. The van der Waals surface area contributed by atoms with E-state index in [1.165, 1.54) is 24.3 Å². The highest BCUT2D eigenvalue weighted by atomic mass is 32.2. The second kappa shape index (κ2) is 6.64. The molecular formula is C16H15F3N2O2S. The van der Waals surface area contributed by atoms with Crippen LogP contribution in [0.15, 0.2) is 52.5 Å². The molecule has 2 rings (SSSR count). The lowest BCUT2D eigenvalue weighted by atomic mass is 10.1. The number of sulfonamides is 1. The van der Waals surface area contributed by atoms with Gasteiger partial charge >= 0.3 is 6.18 Å². The fourth-order valence-electron chi connectivity index (χ4n) is 1.90. The number of rotatable bonds is 4. The van der Waals surface area contributed by atoms with E-state index in [1.807, 2.05) is 11.8 Å². The van der Waals surface area contributed by atoms with Gasteiger partial charge in [-0.15, -0.1) is 0 Å². The monoisotopic (exact) mass is 356 g/mol. The third-order valence-electron chi connectivity index (χ3n) is 3.39. The van der Waals surface area contributed by atoms with Gasteiger partial charge in [0.2, 0.25) is 0 Å². The second-order valence-corrected chi connectivity index (χ2v) is 6.88. The van der Waals surface area contributed by atoms with E-state index in [9.17, 15) is 21.6 Å². The van der Waals surface area contributed by atoms with Crippen molar-refractivity contribution in [1.82, 2.24) is 4.83 Å². The quantitative estimate of drug-likeness (QED) is 0.672. The molecule has 0 unspecified atom stereocenters. The summed E-state index contributed by atoms with van der Waals surface area (Å²) in [5.74, 6) is 0. The van der Waals surface area contributed by atoms with Crippen LogP contribution in [0.4, 0.5) is 13.2 Å². The SMILES string of the molecule is Cc1ccc(S(=O)(=O)N/N=C/c2cccc(C(F)(F)F)c2)cc1C. The summed E-state index contributed by atoms with van der Waals surface area (Å²) >= 11 is 0. The van der Waals surface area contributed by atoms with Gasteiger partial charge in [0, 0.05) is 0 Å². The summed E-state index contributed by atoms with van der Waals surface area (Å²) in [6.45, 7) is 3.63. The van der Waals surface area contributed by atoms with E-state index >= 15 is 0 Å². The van der Waals surface area contributed by atoms with E-state index in [4.69, 9.17) is 0 Å². The molecule has 0 spiro atoms. The van der Waals surface area contributed by atoms with Crippen molar-refractivity contribution < 1.29 is 21.6 Å². The first-order chi connectivity index (χ1) is 11.1. The fraction of sp³-hybridized carbons (Fsp3) is 0.188. The van der Waals surface area contributed by atoms with Gasteiger partial charge < -0.3 is 0 Å². The maximum Gasteiger partial charge on any atom is 0.416 e. The van der Waals surface area contributed by atoms with Gasteiger partial charge in [-0.1, -0.05) is 18.2 Å². The van der Waals surface area contributed by atoms with Crippen LogP contribution in [0.5, 0.6) is 0 Å². The summed E-state index contributed by atoms with van der Waals surface area (Å²) in [7, 11) is -3.88. The number of nitrogens with zero attached hydrogens (tertiary/aromatic N) is 1. The Hall–Kier alpha value is -2.35. The van der Waals surface area contributed by atoms with Gasteiger partial charge in [-0.2, -0.15) is 26.7 Å². The van der Waals surface area contributed by atoms with Gasteiger partial charge in [-0.25, -0.2) is 4.83 Å². The van der Waals surface area contributed by atoms with Crippen LogP contribution in [0.3, 0.4) is 0 Å². The minimum atomic E-state index is -4.47. The van der Waals surface area contributed by atoms with Crippen molar-refractivity contribution in [1.29, 1.82) is 0 Å². The highest BCUT2D eigenvalue weighted by Gasteiger charge is 2.30. The van der Waals surface area contributed by atoms with Crippen LogP contribution < -0.4 is 4.83 Å². The standard InChI is InChI=1S/C16H15F3N2O2S/c1-11-6-7-15(8-12(11)2)24(22,23)21-20-10-13-4-3-5-14(9-13)16(17,18)19/h3-10,21H,1-2H3/b20-10+. The third-order valence-corrected chi connectivity index (χ3v) is 4.61. The molecule has 0 fully saturated rings. The van der Waals surface area contributed by atoms with Crippen LogP contribution in [0.1, 0.15) is 22.3 Å². The minimum absolute atomic E-state index is 0.0341. The maximum absolute atomic E-state index is 12.6. The van der Waals surface area contributed by atoms with Crippen LogP contribution in [-0.2, 0) is 16.2 Å². The lowest BCUT2D eigenvalue weighted by Gasteiger charge is -2.07. The molecule has 0 atom stereocenters. The molecule has 0 aliphatic rings. The zero-order valence-corrected chi connectivity index (χ0v) is 13.7. The number of aryl methyl sites for hydroxylation is 2. The van der Waals surface area contributed by atoms with Gasteiger partial charge in [-0.05, 0) is 54.8 Å². The highest BCUT2D eigenvalue weighted by molar-refractivity contribution is 7.89. The zero-order chi connectivity index (χ0) is 18.0. The van der Waals surface area contributed by atoms with Gasteiger partial charge in [-0.3, -0.25) is 0 Å². The van der Waals surface area contributed by atoms with Crippen molar-refractivity contribution in [2.24, 2.45) is 5.10 Å². The molecule has 2 aromatic carbocycles. The first-order valence-electron chi connectivity index (χ1n) is 6.89. The lowest BCUT2D eigenvalue weighted by molar-refractivity contribution is -0.137. The molecule has 0 bridgehead atoms. The normalized spacial score (nSPS) is 12.5. The topological polar surface area (TPSA) is 58.5 Å². The average Bonchev–Trinajstić information content (AvgIpc) is 2.49. The highest BCUT2D eigenvalue weighted by Crippen LogP contribution is 2.29. The molecule has 0 aliphatic heterocycles. The first-order valence-corrected chi connectivity index (χ1v) is 8.37. The van der Waals surface area contributed by atoms with E-state index in [0.29, 0.717) is 0 Å². The molecule has 0 saturated carbocycles. The van der Waals surface area contributed by atoms with Crippen molar-refractivity contribution in [2.45, 2.75) is 24.9 Å². The van der Waals surface area contributed by atoms with Crippen molar-refractivity contribution in [3.8, 4) is 0 Å². The average molecular weight is 356 g/mol. The van der Waals surface area contributed by atoms with Crippen LogP contribution >= 0.6 is 0 Å². The van der Waals surface area contributed by atoms with Gasteiger partial charge in [0.15, 0.2) is 0 Å². The van der Waals surface area contributed by atoms with E-state index in [-0.39, 0.29) is 10.5 Å². The summed E-state index contributed by atoms with van der Waals surface area (Å²) in [4.78, 5) is 2.02. The number of nitrogens with one attached hydrogen (secondary N) is 1. The van der Waals surface area contributed by atoms with Crippen molar-refractivity contribution in [3.63, 3.8) is 0 Å². The van der Waals surface area contributed by atoms with Crippen LogP contribution in [-0.4, -0.2) is 14.6 Å². The van der Waals surface area contributed by atoms with Gasteiger partial charge in [0.1, 0.15) is 0 Å². The number of halogens is 3. The zero-order valence-electron chi connectivity index (χ0n) is 12.9. The number of hydrogen-bond acceptors (Lipinski definition) is 3. The van der Waals surface area contributed by atoms with Crippen LogP contribution in [0.25, 0.3) is 0 Å². The van der Waals surface area contributed by atoms with Gasteiger partial charge in [0.05, 0.1) is 16.7 Å². The van der Waals surface area contributed by atoms with Gasteiger partial charge in [0.25, 0.3) is 10.0 Å². The number of benzene rings is 2. The lowest BCUT2D eigenvalue weighted by Crippen LogP contribution is -2.18. The molecule has 0 aliphatic carbocycles. The predicted molar refractivity (Wildman–Crippen MR) is 85.3 cm³/mol. The molecule has 8 heteroatoms. The summed E-state index contributed by atoms with van der Waals surface area (Å²) in [5, 5.41) is 3.53. The molecule has 0 saturated heterocycles. The van der Waals surface area contributed by atoms with Crippen LogP contribution in [0, 0.1) is 13.8 Å². The summed E-state index contributed by atoms with van der Waals surface area (Å²) in [6, 6.07) is 9.03. The Morgan fingerprint density at radius 1 is 1.04 bits per heavy atom. The Bertz CT molecular complexity index is 875. The molecular weight excluding hydrogens is 341 g/mol. The van der Waals surface area contributed by atoms with E-state index < -0.39 is 21.8 Å². The summed E-state index contributed by atoms with van der Waals surface area (Å²) < 4.78 is 62.1. The molecule has 4 nitrogen and oxygen atoms in total. The number of alkyl halides is 3. The molecule has 0 radical (unpaired) electrons. The Labute approximate surface area is 138 Å². The summed E-state index contributed by atoms with van der Waals surface area (Å²) in [6.07, 6.45) is -3.45. The largest absolute Gasteiger partial charge is 0.416 e. The van der Waals surface area contributed by atoms with Crippen LogP contribution in [0.2, 0.25) is 0 Å². The molecule has 0 heterocycles. The number of hydrazone groups is 1. The molecule has 0 amide bonds. The fourth-order valence-corrected chi connectivity index (χ4v) is 2.78. The third kappa shape index (κ3) is 4.35. The summed E-state index contributed by atoms with van der Waals surface area (Å²) in [5.41, 5.74) is 1.05. The first kappa shape index (κ1) is 18.0. The number of hydrogen-bond donors (Lipinski definition) is 1. The predicted octanol–water partition coefficient (Wildman–Crippen LogP) is 3.63. The molecule has 128 valence electrons. The molecule has 1 N–H and O–H groups in total. The van der Waals surface area contributed by atoms with E-state index in [2.05, 4.69) is 5.10 Å². The smallest absolute Gasteiger partial charge is 0.200 e. The Morgan fingerprint density at radius 3 is 2.38 bits per heavy atom. The van der Waals surface area contributed by atoms with Crippen molar-refractivity contribution in [3.05, 3.63) is 64.7 Å². The molecule has 2 aromatic rings.